The van der Waals surface area contributed by atoms with Gasteiger partial charge in [0.05, 0.1) is 27.5 Å². The van der Waals surface area contributed by atoms with Crippen LogP contribution in [0, 0.1) is 10.1 Å². The summed E-state index contributed by atoms with van der Waals surface area (Å²) in [6.45, 7) is -0.314. The standard InChI is InChI=1S/C27H20ClN3O8S/c1-38-26(34)21-13-18(6-11-22(21)28)29-24(32)14-30-25(33)23(40-27(30)35)12-16-4-9-20(10-5-16)39-15-17-2-7-19(8-3-17)31(36)37/h2-13H,14-15H2,1H3,(H,29,32)/b23-12+. The van der Waals surface area contributed by atoms with E-state index in [1.165, 1.54) is 43.5 Å². The zero-order chi connectivity index (χ0) is 28.8. The number of non-ortho nitro benzene ring substituents is 1. The van der Waals surface area contributed by atoms with Crippen LogP contribution in [-0.2, 0) is 20.9 Å². The average molecular weight is 582 g/mol. The van der Waals surface area contributed by atoms with E-state index in [1.807, 2.05) is 0 Å². The number of hydrogen-bond acceptors (Lipinski definition) is 9. The fourth-order valence-corrected chi connectivity index (χ4v) is 4.58. The van der Waals surface area contributed by atoms with Crippen LogP contribution in [0.25, 0.3) is 6.08 Å². The van der Waals surface area contributed by atoms with Crippen molar-refractivity contribution in [1.29, 1.82) is 0 Å². The number of carbonyl (C=O) groups is 4. The second-order valence-electron chi connectivity index (χ2n) is 8.28. The zero-order valence-corrected chi connectivity index (χ0v) is 22.4. The first-order chi connectivity index (χ1) is 19.1. The smallest absolute Gasteiger partial charge is 0.339 e. The van der Waals surface area contributed by atoms with Crippen LogP contribution in [0.4, 0.5) is 16.2 Å². The molecular weight excluding hydrogens is 562 g/mol. The van der Waals surface area contributed by atoms with Crippen LogP contribution < -0.4 is 10.1 Å². The van der Waals surface area contributed by atoms with Gasteiger partial charge in [0.2, 0.25) is 5.91 Å². The molecule has 1 saturated heterocycles. The number of benzene rings is 3. The monoisotopic (exact) mass is 581 g/mol. The number of rotatable bonds is 9. The Morgan fingerprint density at radius 3 is 2.42 bits per heavy atom. The Labute approximate surface area is 236 Å². The van der Waals surface area contributed by atoms with Crippen LogP contribution in [0.1, 0.15) is 21.5 Å². The van der Waals surface area contributed by atoms with Gasteiger partial charge < -0.3 is 14.8 Å². The summed E-state index contributed by atoms with van der Waals surface area (Å²) in [5.41, 5.74) is 1.68. The van der Waals surface area contributed by atoms with Crippen molar-refractivity contribution in [2.45, 2.75) is 6.61 Å². The van der Waals surface area contributed by atoms with Gasteiger partial charge in [-0.2, -0.15) is 0 Å². The molecular formula is C27H20ClN3O8S. The molecule has 0 atom stereocenters. The highest BCUT2D eigenvalue weighted by Crippen LogP contribution is 2.32. The minimum atomic E-state index is -0.679. The number of nitrogens with zero attached hydrogens (tertiary/aromatic N) is 2. The minimum absolute atomic E-state index is 0.00562. The van der Waals surface area contributed by atoms with Gasteiger partial charge in [0.1, 0.15) is 18.9 Å². The maximum absolute atomic E-state index is 12.8. The van der Waals surface area contributed by atoms with Gasteiger partial charge in [0.15, 0.2) is 0 Å². The first-order valence-corrected chi connectivity index (χ1v) is 12.7. The van der Waals surface area contributed by atoms with Crippen LogP contribution in [0.15, 0.2) is 71.6 Å². The Morgan fingerprint density at radius 2 is 1.77 bits per heavy atom. The molecule has 1 aliphatic heterocycles. The topological polar surface area (TPSA) is 145 Å². The molecule has 1 N–H and O–H groups in total. The predicted molar refractivity (Wildman–Crippen MR) is 148 cm³/mol. The third-order valence-electron chi connectivity index (χ3n) is 5.56. The number of esters is 1. The van der Waals surface area contributed by atoms with Gasteiger partial charge in [-0.15, -0.1) is 0 Å². The van der Waals surface area contributed by atoms with Crippen LogP contribution >= 0.6 is 23.4 Å². The highest BCUT2D eigenvalue weighted by Gasteiger charge is 2.36. The number of thioether (sulfide) groups is 1. The van der Waals surface area contributed by atoms with Crippen molar-refractivity contribution in [3.8, 4) is 5.75 Å². The number of imide groups is 1. The van der Waals surface area contributed by atoms with Crippen molar-refractivity contribution >= 4 is 63.8 Å². The van der Waals surface area contributed by atoms with E-state index >= 15 is 0 Å². The predicted octanol–water partition coefficient (Wildman–Crippen LogP) is 5.29. The molecule has 40 heavy (non-hydrogen) atoms. The first kappa shape index (κ1) is 28.3. The number of hydrogen-bond donors (Lipinski definition) is 1. The summed E-state index contributed by atoms with van der Waals surface area (Å²) in [4.78, 5) is 60.9. The summed E-state index contributed by atoms with van der Waals surface area (Å²) in [5.74, 6) is -1.40. The average Bonchev–Trinajstić information content (AvgIpc) is 3.20. The van der Waals surface area contributed by atoms with E-state index in [1.54, 1.807) is 36.4 Å². The molecule has 204 valence electrons. The first-order valence-electron chi connectivity index (χ1n) is 11.5. The largest absolute Gasteiger partial charge is 0.489 e. The number of halogens is 1. The number of nitro benzene ring substituents is 1. The Morgan fingerprint density at radius 1 is 1.07 bits per heavy atom. The summed E-state index contributed by atoms with van der Waals surface area (Å²) in [6, 6.07) is 17.0. The molecule has 3 aromatic carbocycles. The van der Waals surface area contributed by atoms with Gasteiger partial charge in [-0.05, 0) is 71.4 Å². The summed E-state index contributed by atoms with van der Waals surface area (Å²) >= 11 is 6.69. The maximum Gasteiger partial charge on any atom is 0.339 e. The number of methoxy groups -OCH3 is 1. The molecule has 0 aromatic heterocycles. The number of amides is 3. The van der Waals surface area contributed by atoms with E-state index in [2.05, 4.69) is 10.1 Å². The van der Waals surface area contributed by atoms with Crippen LogP contribution in [0.2, 0.25) is 5.02 Å². The fourth-order valence-electron chi connectivity index (χ4n) is 3.54. The fraction of sp³-hybridized carbons (Fsp3) is 0.111. The normalized spacial score (nSPS) is 13.8. The zero-order valence-electron chi connectivity index (χ0n) is 20.8. The Hall–Kier alpha value is -4.68. The molecule has 1 fully saturated rings. The highest BCUT2D eigenvalue weighted by atomic mass is 35.5. The molecule has 1 heterocycles. The van der Waals surface area contributed by atoms with Crippen molar-refractivity contribution in [3.63, 3.8) is 0 Å². The molecule has 0 bridgehead atoms. The lowest BCUT2D eigenvalue weighted by molar-refractivity contribution is -0.384. The van der Waals surface area contributed by atoms with E-state index in [-0.39, 0.29) is 33.5 Å². The van der Waals surface area contributed by atoms with Crippen molar-refractivity contribution in [2.24, 2.45) is 0 Å². The molecule has 3 amide bonds. The Bertz CT molecular complexity index is 1520. The van der Waals surface area contributed by atoms with Crippen molar-refractivity contribution < 1.29 is 33.6 Å². The number of nitro groups is 1. The highest BCUT2D eigenvalue weighted by molar-refractivity contribution is 8.18. The number of nitrogens with one attached hydrogen (secondary N) is 1. The minimum Gasteiger partial charge on any atom is -0.489 e. The van der Waals surface area contributed by atoms with E-state index in [4.69, 9.17) is 16.3 Å². The van der Waals surface area contributed by atoms with Crippen LogP contribution in [-0.4, -0.2) is 46.5 Å². The van der Waals surface area contributed by atoms with Gasteiger partial charge >= 0.3 is 5.97 Å². The molecule has 4 rings (SSSR count). The molecule has 0 radical (unpaired) electrons. The second kappa shape index (κ2) is 12.5. The second-order valence-corrected chi connectivity index (χ2v) is 9.68. The lowest BCUT2D eigenvalue weighted by atomic mass is 10.2. The molecule has 0 unspecified atom stereocenters. The van der Waals surface area contributed by atoms with Gasteiger partial charge in [-0.25, -0.2) is 4.79 Å². The maximum atomic E-state index is 12.8. The third kappa shape index (κ3) is 6.84. The van der Waals surface area contributed by atoms with Gasteiger partial charge in [-0.1, -0.05) is 23.7 Å². The number of anilines is 1. The SMILES string of the molecule is COC(=O)c1cc(NC(=O)CN2C(=O)S/C(=C/c3ccc(OCc4ccc([N+](=O)[O-])cc4)cc3)C2=O)ccc1Cl. The van der Waals surface area contributed by atoms with Gasteiger partial charge in [-0.3, -0.25) is 29.4 Å². The summed E-state index contributed by atoms with van der Waals surface area (Å²) in [6.07, 6.45) is 1.53. The molecule has 0 saturated carbocycles. The van der Waals surface area contributed by atoms with Gasteiger partial charge in [0.25, 0.3) is 16.8 Å². The van der Waals surface area contributed by atoms with Crippen LogP contribution in [0.5, 0.6) is 5.75 Å². The molecule has 3 aromatic rings. The molecule has 0 spiro atoms. The quantitative estimate of drug-likeness (QED) is 0.154. The van der Waals surface area contributed by atoms with Crippen molar-refractivity contribution in [1.82, 2.24) is 4.90 Å². The third-order valence-corrected chi connectivity index (χ3v) is 6.80. The Kier molecular flexibility index (Phi) is 8.82. The summed E-state index contributed by atoms with van der Waals surface area (Å²) in [5, 5.41) is 12.8. The van der Waals surface area contributed by atoms with Crippen molar-refractivity contribution in [2.75, 3.05) is 19.0 Å². The molecule has 1 aliphatic rings. The molecule has 0 aliphatic carbocycles. The van der Waals surface area contributed by atoms with E-state index in [0.29, 0.717) is 23.1 Å². The molecule has 13 heteroatoms. The van der Waals surface area contributed by atoms with E-state index < -0.39 is 34.5 Å². The lowest BCUT2D eigenvalue weighted by Crippen LogP contribution is -2.36. The molecule has 11 nitrogen and oxygen atoms in total. The van der Waals surface area contributed by atoms with Crippen molar-refractivity contribution in [3.05, 3.63) is 103 Å². The summed E-state index contributed by atoms with van der Waals surface area (Å²) < 4.78 is 10.3. The Balaban J connectivity index is 1.35. The van der Waals surface area contributed by atoms with Crippen LogP contribution in [0.3, 0.4) is 0 Å². The number of ether oxygens (including phenoxy) is 2. The van der Waals surface area contributed by atoms with Gasteiger partial charge in [0, 0.05) is 17.8 Å². The lowest BCUT2D eigenvalue weighted by Gasteiger charge is -2.13. The summed E-state index contributed by atoms with van der Waals surface area (Å²) in [7, 11) is 1.20. The van der Waals surface area contributed by atoms with E-state index in [0.717, 1.165) is 10.5 Å². The van der Waals surface area contributed by atoms with E-state index in [9.17, 15) is 29.3 Å². The number of carbonyl (C=O) groups excluding carboxylic acids is 4.